The van der Waals surface area contributed by atoms with Gasteiger partial charge in [0.05, 0.1) is 31.5 Å². The number of halogens is 1. The predicted octanol–water partition coefficient (Wildman–Crippen LogP) is 1.47. The molecule has 2 unspecified atom stereocenters. The Morgan fingerprint density at radius 1 is 1.03 bits per heavy atom. The molecule has 0 N–H and O–H groups in total. The van der Waals surface area contributed by atoms with Crippen molar-refractivity contribution in [3.63, 3.8) is 0 Å². The van der Waals surface area contributed by atoms with Gasteiger partial charge in [0.15, 0.2) is 11.5 Å². The van der Waals surface area contributed by atoms with E-state index in [1.165, 1.54) is 28.9 Å². The van der Waals surface area contributed by atoms with Crippen molar-refractivity contribution in [3.8, 4) is 11.5 Å². The molecule has 0 radical (unpaired) electrons. The van der Waals surface area contributed by atoms with E-state index in [0.717, 1.165) is 0 Å². The van der Waals surface area contributed by atoms with E-state index in [1.807, 2.05) is 13.8 Å². The lowest BCUT2D eigenvalue weighted by Gasteiger charge is -2.40. The van der Waals surface area contributed by atoms with Crippen molar-refractivity contribution in [3.05, 3.63) is 22.7 Å². The van der Waals surface area contributed by atoms with Crippen LogP contribution in [0.5, 0.6) is 11.5 Å². The SMILES string of the molecule is COc1cc(C(=O)N2CCN(S(=O)(=O)N3CC(C)OC(C)C3)CC2)cc(Cl)c1OC. The number of benzene rings is 1. The summed E-state index contributed by atoms with van der Waals surface area (Å²) in [6, 6.07) is 3.11. The lowest BCUT2D eigenvalue weighted by molar-refractivity contribution is -0.0457. The molecule has 2 atom stereocenters. The van der Waals surface area contributed by atoms with Gasteiger partial charge in [-0.2, -0.15) is 17.0 Å². The van der Waals surface area contributed by atoms with Gasteiger partial charge in [0.1, 0.15) is 0 Å². The van der Waals surface area contributed by atoms with Crippen LogP contribution in [-0.2, 0) is 14.9 Å². The van der Waals surface area contributed by atoms with Crippen molar-refractivity contribution in [2.45, 2.75) is 26.1 Å². The highest BCUT2D eigenvalue weighted by atomic mass is 35.5. The second-order valence-electron chi connectivity index (χ2n) is 7.47. The minimum absolute atomic E-state index is 0.152. The Balaban J connectivity index is 1.68. The molecule has 3 rings (SSSR count). The number of amides is 1. The molecule has 9 nitrogen and oxygen atoms in total. The summed E-state index contributed by atoms with van der Waals surface area (Å²) in [6.45, 7) is 5.43. The Labute approximate surface area is 182 Å². The molecule has 0 bridgehead atoms. The van der Waals surface area contributed by atoms with Gasteiger partial charge in [0, 0.05) is 44.8 Å². The van der Waals surface area contributed by atoms with Crippen LogP contribution in [0, 0.1) is 0 Å². The first-order chi connectivity index (χ1) is 14.2. The summed E-state index contributed by atoms with van der Waals surface area (Å²) in [6.07, 6.45) is -0.303. The van der Waals surface area contributed by atoms with Crippen LogP contribution in [0.25, 0.3) is 0 Å². The summed E-state index contributed by atoms with van der Waals surface area (Å²) in [4.78, 5) is 14.6. The molecule has 1 amide bonds. The quantitative estimate of drug-likeness (QED) is 0.659. The predicted molar refractivity (Wildman–Crippen MR) is 113 cm³/mol. The number of carbonyl (C=O) groups is 1. The fraction of sp³-hybridized carbons (Fsp3) is 0.632. The number of morpholine rings is 1. The van der Waals surface area contributed by atoms with Crippen molar-refractivity contribution in [2.24, 2.45) is 0 Å². The maximum Gasteiger partial charge on any atom is 0.282 e. The highest BCUT2D eigenvalue weighted by molar-refractivity contribution is 7.86. The van der Waals surface area contributed by atoms with E-state index in [-0.39, 0.29) is 36.2 Å². The van der Waals surface area contributed by atoms with Gasteiger partial charge in [-0.3, -0.25) is 4.79 Å². The lowest BCUT2D eigenvalue weighted by Crippen LogP contribution is -2.57. The van der Waals surface area contributed by atoms with E-state index in [1.54, 1.807) is 11.0 Å². The summed E-state index contributed by atoms with van der Waals surface area (Å²) in [5.41, 5.74) is 0.366. The van der Waals surface area contributed by atoms with Gasteiger partial charge in [-0.05, 0) is 26.0 Å². The molecule has 2 aliphatic heterocycles. The first-order valence-electron chi connectivity index (χ1n) is 9.78. The highest BCUT2D eigenvalue weighted by Gasteiger charge is 2.37. The second kappa shape index (κ2) is 9.27. The number of piperazine rings is 1. The molecular formula is C19H28ClN3O6S. The summed E-state index contributed by atoms with van der Waals surface area (Å²) >= 11 is 6.21. The van der Waals surface area contributed by atoms with Gasteiger partial charge in [-0.1, -0.05) is 11.6 Å². The largest absolute Gasteiger partial charge is 0.493 e. The maximum absolute atomic E-state index is 13.0. The summed E-state index contributed by atoms with van der Waals surface area (Å²) in [5, 5.41) is 0.275. The van der Waals surface area contributed by atoms with Crippen molar-refractivity contribution < 1.29 is 27.4 Å². The van der Waals surface area contributed by atoms with Gasteiger partial charge in [0.2, 0.25) is 0 Å². The first kappa shape index (κ1) is 23.1. The van der Waals surface area contributed by atoms with Crippen LogP contribution in [0.1, 0.15) is 24.2 Å². The monoisotopic (exact) mass is 461 g/mol. The fourth-order valence-electron chi connectivity index (χ4n) is 3.83. The molecule has 2 fully saturated rings. The van der Waals surface area contributed by atoms with E-state index in [4.69, 9.17) is 25.8 Å². The van der Waals surface area contributed by atoms with Crippen molar-refractivity contribution in [1.82, 2.24) is 13.5 Å². The fourth-order valence-corrected chi connectivity index (χ4v) is 5.86. The zero-order valence-electron chi connectivity index (χ0n) is 17.6. The van der Waals surface area contributed by atoms with E-state index >= 15 is 0 Å². The van der Waals surface area contributed by atoms with Crippen LogP contribution < -0.4 is 9.47 Å². The van der Waals surface area contributed by atoms with Gasteiger partial charge in [-0.25, -0.2) is 0 Å². The number of carbonyl (C=O) groups excluding carboxylic acids is 1. The highest BCUT2D eigenvalue weighted by Crippen LogP contribution is 2.36. The Morgan fingerprint density at radius 2 is 1.63 bits per heavy atom. The summed E-state index contributed by atoms with van der Waals surface area (Å²) in [7, 11) is -0.655. The first-order valence-corrected chi connectivity index (χ1v) is 11.6. The van der Waals surface area contributed by atoms with Crippen molar-refractivity contribution in [1.29, 1.82) is 0 Å². The van der Waals surface area contributed by atoms with Crippen LogP contribution in [0.2, 0.25) is 5.02 Å². The molecule has 2 saturated heterocycles. The van der Waals surface area contributed by atoms with Gasteiger partial charge in [0.25, 0.3) is 16.1 Å². The Hall–Kier alpha value is -1.59. The smallest absolute Gasteiger partial charge is 0.282 e. The summed E-state index contributed by atoms with van der Waals surface area (Å²) < 4.78 is 45.0. The normalized spacial score (nSPS) is 24.0. The molecule has 0 aromatic heterocycles. The number of hydrogen-bond acceptors (Lipinski definition) is 6. The minimum Gasteiger partial charge on any atom is -0.493 e. The number of ether oxygens (including phenoxy) is 3. The Morgan fingerprint density at radius 3 is 2.17 bits per heavy atom. The number of methoxy groups -OCH3 is 2. The molecule has 2 heterocycles. The third-order valence-corrected chi connectivity index (χ3v) is 7.49. The summed E-state index contributed by atoms with van der Waals surface area (Å²) in [5.74, 6) is 0.495. The van der Waals surface area contributed by atoms with Crippen LogP contribution in [-0.4, -0.2) is 93.5 Å². The molecule has 0 spiro atoms. The average Bonchev–Trinajstić information content (AvgIpc) is 2.72. The van der Waals surface area contributed by atoms with Crippen LogP contribution in [0.3, 0.4) is 0 Å². The molecule has 1 aromatic rings. The molecule has 1 aromatic carbocycles. The van der Waals surface area contributed by atoms with Crippen molar-refractivity contribution in [2.75, 3.05) is 53.5 Å². The minimum atomic E-state index is -3.60. The Kier molecular flexibility index (Phi) is 7.13. The van der Waals surface area contributed by atoms with Gasteiger partial charge in [-0.15, -0.1) is 0 Å². The number of nitrogens with zero attached hydrogens (tertiary/aromatic N) is 3. The van der Waals surface area contributed by atoms with Crippen LogP contribution in [0.15, 0.2) is 12.1 Å². The van der Waals surface area contributed by atoms with Crippen molar-refractivity contribution >= 4 is 27.7 Å². The standard InChI is InChI=1S/C19H28ClN3O6S/c1-13-11-23(12-14(2)29-13)30(25,26)22-7-5-21(6-8-22)19(24)15-9-16(20)18(28-4)17(10-15)27-3/h9-10,13-14H,5-8,11-12H2,1-4H3. The molecule has 0 saturated carbocycles. The molecule has 2 aliphatic rings. The van der Waals surface area contributed by atoms with Gasteiger partial charge < -0.3 is 19.1 Å². The zero-order valence-corrected chi connectivity index (χ0v) is 19.2. The zero-order chi connectivity index (χ0) is 22.1. The molecule has 0 aliphatic carbocycles. The topological polar surface area (TPSA) is 88.6 Å². The maximum atomic E-state index is 13.0. The lowest BCUT2D eigenvalue weighted by atomic mass is 10.1. The molecular weight excluding hydrogens is 434 g/mol. The average molecular weight is 462 g/mol. The molecule has 11 heteroatoms. The van der Waals surface area contributed by atoms with E-state index in [0.29, 0.717) is 43.2 Å². The second-order valence-corrected chi connectivity index (χ2v) is 9.80. The third-order valence-electron chi connectivity index (χ3n) is 5.25. The van der Waals surface area contributed by atoms with E-state index in [2.05, 4.69) is 0 Å². The molecule has 168 valence electrons. The van der Waals surface area contributed by atoms with E-state index < -0.39 is 10.2 Å². The molecule has 30 heavy (non-hydrogen) atoms. The van der Waals surface area contributed by atoms with Gasteiger partial charge >= 0.3 is 0 Å². The van der Waals surface area contributed by atoms with Crippen LogP contribution in [0.4, 0.5) is 0 Å². The third kappa shape index (κ3) is 4.67. The number of rotatable bonds is 5. The van der Waals surface area contributed by atoms with E-state index in [9.17, 15) is 13.2 Å². The van der Waals surface area contributed by atoms with Crippen LogP contribution >= 0.6 is 11.6 Å². The number of hydrogen-bond donors (Lipinski definition) is 0. The Bertz CT molecular complexity index is 879.